The number of benzene rings is 1. The number of carbonyl (C=O) groups is 2. The summed E-state index contributed by atoms with van der Waals surface area (Å²) in [5.74, 6) is -1.04. The van der Waals surface area contributed by atoms with Crippen LogP contribution in [0, 0.1) is 13.8 Å². The van der Waals surface area contributed by atoms with Gasteiger partial charge in [-0.15, -0.1) is 5.10 Å². The molecule has 0 saturated carbocycles. The molecule has 238 valence electrons. The van der Waals surface area contributed by atoms with Crippen LogP contribution in [-0.2, 0) is 40.8 Å². The Kier molecular flexibility index (Phi) is 8.16. The van der Waals surface area contributed by atoms with Crippen LogP contribution in [0.5, 0.6) is 0 Å². The first-order valence-electron chi connectivity index (χ1n) is 14.0. The van der Waals surface area contributed by atoms with Crippen molar-refractivity contribution in [3.05, 3.63) is 74.3 Å². The monoisotopic (exact) mass is 641 g/mol. The smallest absolute Gasteiger partial charge is 0.425 e. The average Bonchev–Trinajstić information content (AvgIpc) is 3.65. The normalized spacial score (nSPS) is 22.8. The second-order valence-corrected chi connectivity index (χ2v) is 13.9. The Bertz CT molecular complexity index is 1880. The van der Waals surface area contributed by atoms with Crippen LogP contribution in [0.2, 0.25) is 0 Å². The molecule has 0 spiro atoms. The molecule has 45 heavy (non-hydrogen) atoms. The fourth-order valence-corrected chi connectivity index (χ4v) is 6.51. The molecule has 3 aromatic rings. The maximum atomic E-state index is 13.7. The molecule has 5 rings (SSSR count). The largest absolute Gasteiger partial charge is 0.472 e. The van der Waals surface area contributed by atoms with Crippen molar-refractivity contribution in [3.8, 4) is 0 Å². The lowest BCUT2D eigenvalue weighted by Crippen LogP contribution is -2.51. The van der Waals surface area contributed by atoms with Crippen LogP contribution in [-0.4, -0.2) is 70.2 Å². The number of nitrogens with zero attached hydrogens (tertiary/aromatic N) is 5. The van der Waals surface area contributed by atoms with Gasteiger partial charge in [-0.3, -0.25) is 18.3 Å². The minimum atomic E-state index is -4.08. The molecule has 2 fully saturated rings. The van der Waals surface area contributed by atoms with Gasteiger partial charge in [-0.1, -0.05) is 22.9 Å². The van der Waals surface area contributed by atoms with Gasteiger partial charge in [0.1, 0.15) is 30.1 Å². The molecule has 2 radical (unpaired) electrons. The SMILES string of the molecule is [B]C(=O)OCC12CCC(n3cc(C)c(=O)n(C(=O)OC(C)(C)C)c3=O)(CC1n1cc(COS(=O)(=O)c3ccc(C)cc3)nn1)O2. The van der Waals surface area contributed by atoms with Gasteiger partial charge < -0.3 is 14.2 Å². The van der Waals surface area contributed by atoms with Gasteiger partial charge in [0.15, 0.2) is 5.72 Å². The fraction of sp³-hybridized carbons (Fsp3) is 0.500. The Labute approximate surface area is 259 Å². The van der Waals surface area contributed by atoms with Gasteiger partial charge in [-0.2, -0.15) is 13.0 Å². The fourth-order valence-electron chi connectivity index (χ4n) is 5.63. The minimum absolute atomic E-state index is 0.0139. The van der Waals surface area contributed by atoms with Gasteiger partial charge in [-0.25, -0.2) is 14.3 Å². The summed E-state index contributed by atoms with van der Waals surface area (Å²) < 4.78 is 50.5. The lowest BCUT2D eigenvalue weighted by molar-refractivity contribution is -0.120. The first kappa shape index (κ1) is 32.3. The molecule has 2 aliphatic rings. The summed E-state index contributed by atoms with van der Waals surface area (Å²) in [5.41, 5.74) is -4.26. The van der Waals surface area contributed by atoms with E-state index in [0.717, 1.165) is 5.56 Å². The van der Waals surface area contributed by atoms with E-state index < -0.39 is 62.9 Å². The van der Waals surface area contributed by atoms with Gasteiger partial charge in [0.2, 0.25) is 13.7 Å². The highest BCUT2D eigenvalue weighted by atomic mass is 32.2. The topological polar surface area (TPSA) is 180 Å². The van der Waals surface area contributed by atoms with E-state index in [1.165, 1.54) is 40.7 Å². The van der Waals surface area contributed by atoms with Gasteiger partial charge in [0, 0.05) is 18.2 Å². The molecule has 2 saturated heterocycles. The second-order valence-electron chi connectivity index (χ2n) is 12.2. The Hall–Kier alpha value is -4.09. The van der Waals surface area contributed by atoms with E-state index >= 15 is 0 Å². The maximum absolute atomic E-state index is 13.7. The van der Waals surface area contributed by atoms with Crippen LogP contribution in [0.25, 0.3) is 0 Å². The van der Waals surface area contributed by atoms with E-state index in [1.54, 1.807) is 32.9 Å². The van der Waals surface area contributed by atoms with Crippen molar-refractivity contribution < 1.29 is 36.4 Å². The third-order valence-electron chi connectivity index (χ3n) is 7.73. The van der Waals surface area contributed by atoms with Gasteiger partial charge in [-0.05, 0) is 59.6 Å². The van der Waals surface area contributed by atoms with Crippen molar-refractivity contribution in [1.29, 1.82) is 0 Å². The van der Waals surface area contributed by atoms with Gasteiger partial charge in [0.05, 0.1) is 17.1 Å². The zero-order valence-electron chi connectivity index (χ0n) is 25.4. The van der Waals surface area contributed by atoms with E-state index in [9.17, 15) is 27.6 Å². The standard InChI is InChI=1S/C28H32BN5O10S/c1-17-6-8-20(9-7-17)45(39,40)42-15-19-14-33(31-30-19)21-12-28(11-10-27(21,44-28)16-41-23(29)36)32-13-18(2)22(35)34(24(32)37)25(38)43-26(3,4)5/h6-9,13-14,21H,10-12,15-16H2,1-5H3. The number of ether oxygens (including phenoxy) is 3. The van der Waals surface area contributed by atoms with Crippen molar-refractivity contribution in [2.75, 3.05) is 6.61 Å². The predicted octanol–water partition coefficient (Wildman–Crippen LogP) is 2.06. The molecular formula is C28H32BN5O10S. The van der Waals surface area contributed by atoms with Crippen molar-refractivity contribution in [2.45, 2.75) is 88.4 Å². The van der Waals surface area contributed by atoms with Crippen molar-refractivity contribution in [2.24, 2.45) is 0 Å². The number of hydrogen-bond acceptors (Lipinski definition) is 12. The number of aromatic nitrogens is 5. The first-order valence-corrected chi connectivity index (χ1v) is 15.4. The van der Waals surface area contributed by atoms with Crippen molar-refractivity contribution in [1.82, 2.24) is 24.1 Å². The van der Waals surface area contributed by atoms with Gasteiger partial charge in [0.25, 0.3) is 15.7 Å². The summed E-state index contributed by atoms with van der Waals surface area (Å²) in [6, 6.07) is 5.47. The third kappa shape index (κ3) is 6.24. The van der Waals surface area contributed by atoms with E-state index in [4.69, 9.17) is 26.2 Å². The summed E-state index contributed by atoms with van der Waals surface area (Å²) in [7, 11) is 1.18. The Morgan fingerprint density at radius 2 is 1.80 bits per heavy atom. The third-order valence-corrected chi connectivity index (χ3v) is 9.01. The molecule has 2 aliphatic heterocycles. The second kappa shape index (κ2) is 11.4. The highest BCUT2D eigenvalue weighted by Gasteiger charge is 2.64. The summed E-state index contributed by atoms with van der Waals surface area (Å²) in [4.78, 5) is 51.1. The number of rotatable bonds is 8. The molecule has 4 heterocycles. The molecule has 15 nitrogen and oxygen atoms in total. The Balaban J connectivity index is 1.47. The van der Waals surface area contributed by atoms with Crippen LogP contribution in [0.3, 0.4) is 0 Å². The number of fused-ring (bicyclic) bond motifs is 2. The number of hydrogen-bond donors (Lipinski definition) is 0. The van der Waals surface area contributed by atoms with Crippen LogP contribution in [0.1, 0.15) is 62.9 Å². The van der Waals surface area contributed by atoms with Crippen LogP contribution < -0.4 is 11.2 Å². The lowest BCUT2D eigenvalue weighted by atomic mass is 9.81. The van der Waals surface area contributed by atoms with Crippen molar-refractivity contribution >= 4 is 29.9 Å². The highest BCUT2D eigenvalue weighted by Crippen LogP contribution is 2.58. The zero-order chi connectivity index (χ0) is 32.9. The molecule has 0 aliphatic carbocycles. The zero-order valence-corrected chi connectivity index (χ0v) is 26.2. The summed E-state index contributed by atoms with van der Waals surface area (Å²) in [5, 5.41) is 8.21. The molecule has 2 bridgehead atoms. The van der Waals surface area contributed by atoms with E-state index in [2.05, 4.69) is 10.3 Å². The molecular weight excluding hydrogens is 609 g/mol. The highest BCUT2D eigenvalue weighted by molar-refractivity contribution is 7.86. The quantitative estimate of drug-likeness (QED) is 0.259. The first-order chi connectivity index (χ1) is 21.0. The summed E-state index contributed by atoms with van der Waals surface area (Å²) in [6.07, 6.45) is 2.23. The van der Waals surface area contributed by atoms with E-state index in [1.807, 2.05) is 6.92 Å². The summed E-state index contributed by atoms with van der Waals surface area (Å²) >= 11 is 0. The molecule has 2 aromatic heterocycles. The molecule has 0 N–H and O–H groups in total. The Morgan fingerprint density at radius 3 is 2.44 bits per heavy atom. The number of carbonyl (C=O) groups excluding carboxylic acids is 2. The molecule has 3 unspecified atom stereocenters. The molecule has 1 aromatic carbocycles. The molecule has 3 atom stereocenters. The Morgan fingerprint density at radius 1 is 1.11 bits per heavy atom. The number of aryl methyl sites for hydroxylation is 2. The summed E-state index contributed by atoms with van der Waals surface area (Å²) in [6.45, 7) is 7.37. The van der Waals surface area contributed by atoms with Crippen LogP contribution in [0.4, 0.5) is 9.59 Å². The van der Waals surface area contributed by atoms with E-state index in [0.29, 0.717) is 4.57 Å². The predicted molar refractivity (Wildman–Crippen MR) is 156 cm³/mol. The van der Waals surface area contributed by atoms with Gasteiger partial charge >= 0.3 is 11.8 Å². The van der Waals surface area contributed by atoms with Crippen molar-refractivity contribution in [3.63, 3.8) is 0 Å². The van der Waals surface area contributed by atoms with E-state index in [-0.39, 0.29) is 42.0 Å². The van der Waals surface area contributed by atoms with Crippen LogP contribution >= 0.6 is 0 Å². The van der Waals surface area contributed by atoms with Crippen LogP contribution in [0.15, 0.2) is 51.1 Å². The lowest BCUT2D eigenvalue weighted by Gasteiger charge is -2.32. The molecule has 17 heteroatoms. The molecule has 0 amide bonds. The average molecular weight is 641 g/mol. The minimum Gasteiger partial charge on any atom is -0.472 e. The maximum Gasteiger partial charge on any atom is 0.425 e.